The van der Waals surface area contributed by atoms with Gasteiger partial charge in [0.15, 0.2) is 0 Å². The van der Waals surface area contributed by atoms with Gasteiger partial charge in [-0.15, -0.1) is 0 Å². The van der Waals surface area contributed by atoms with E-state index < -0.39 is 0 Å². The molecule has 0 amide bonds. The maximum absolute atomic E-state index is 3.58. The average Bonchev–Trinajstić information content (AvgIpc) is 2.88. The fourth-order valence-electron chi connectivity index (χ4n) is 2.96. The van der Waals surface area contributed by atoms with Gasteiger partial charge in [0.2, 0.25) is 0 Å². The second kappa shape index (κ2) is 7.65. The van der Waals surface area contributed by atoms with Crippen molar-refractivity contribution in [2.24, 2.45) is 11.8 Å². The predicted molar refractivity (Wildman–Crippen MR) is 92.6 cm³/mol. The minimum atomic E-state index is 0.695. The third-order valence-corrected chi connectivity index (χ3v) is 4.35. The summed E-state index contributed by atoms with van der Waals surface area (Å²) < 4.78 is 2.46. The van der Waals surface area contributed by atoms with Gasteiger partial charge in [-0.2, -0.15) is 0 Å². The monoisotopic (exact) mass is 286 g/mol. The van der Waals surface area contributed by atoms with Gasteiger partial charge in [0.25, 0.3) is 0 Å². The Morgan fingerprint density at radius 2 is 1.86 bits per heavy atom. The highest BCUT2D eigenvalue weighted by molar-refractivity contribution is 5.83. The number of nitrogens with one attached hydrogen (secondary N) is 1. The Balaban J connectivity index is 2.22. The predicted octanol–water partition coefficient (Wildman–Crippen LogP) is 4.82. The number of fused-ring (bicyclic) bond motifs is 1. The lowest BCUT2D eigenvalue weighted by molar-refractivity contribution is 0.425. The zero-order chi connectivity index (χ0) is 15.2. The van der Waals surface area contributed by atoms with Crippen LogP contribution in [0.5, 0.6) is 0 Å². The second-order valence-electron chi connectivity index (χ2n) is 6.53. The van der Waals surface area contributed by atoms with Crippen LogP contribution in [0.15, 0.2) is 30.5 Å². The zero-order valence-electron chi connectivity index (χ0n) is 14.0. The van der Waals surface area contributed by atoms with Gasteiger partial charge in [-0.05, 0) is 35.4 Å². The summed E-state index contributed by atoms with van der Waals surface area (Å²) >= 11 is 0. The van der Waals surface area contributed by atoms with Crippen LogP contribution < -0.4 is 5.32 Å². The van der Waals surface area contributed by atoms with Gasteiger partial charge < -0.3 is 9.88 Å². The third-order valence-electron chi connectivity index (χ3n) is 4.35. The summed E-state index contributed by atoms with van der Waals surface area (Å²) in [7, 11) is 0. The number of aromatic nitrogens is 1. The molecule has 1 aromatic carbocycles. The Bertz CT molecular complexity index is 550. The van der Waals surface area contributed by atoms with Crippen molar-refractivity contribution in [3.05, 3.63) is 36.0 Å². The van der Waals surface area contributed by atoms with Crippen LogP contribution in [0.1, 0.15) is 46.1 Å². The lowest BCUT2D eigenvalue weighted by atomic mass is 10.0. The van der Waals surface area contributed by atoms with E-state index in [9.17, 15) is 0 Å². The van der Waals surface area contributed by atoms with Crippen molar-refractivity contribution in [1.29, 1.82) is 0 Å². The van der Waals surface area contributed by atoms with E-state index in [1.807, 2.05) is 0 Å². The van der Waals surface area contributed by atoms with Crippen LogP contribution in [-0.4, -0.2) is 11.1 Å². The SMILES string of the molecule is CCC(CC)Cn1ccc2cccc(CNCC(C)C)c21. The van der Waals surface area contributed by atoms with E-state index in [4.69, 9.17) is 0 Å². The third kappa shape index (κ3) is 4.10. The van der Waals surface area contributed by atoms with Crippen LogP contribution in [0.25, 0.3) is 10.9 Å². The number of para-hydroxylation sites is 1. The topological polar surface area (TPSA) is 17.0 Å². The molecule has 0 radical (unpaired) electrons. The number of rotatable bonds is 8. The first-order chi connectivity index (χ1) is 10.2. The molecular weight excluding hydrogens is 256 g/mol. The van der Waals surface area contributed by atoms with E-state index in [1.54, 1.807) is 0 Å². The number of hydrogen-bond donors (Lipinski definition) is 1. The van der Waals surface area contributed by atoms with Crippen LogP contribution in [0, 0.1) is 11.8 Å². The van der Waals surface area contributed by atoms with Crippen LogP contribution in [0.3, 0.4) is 0 Å². The Labute approximate surface area is 129 Å². The molecular formula is C19H30N2. The molecule has 0 fully saturated rings. The van der Waals surface area contributed by atoms with Gasteiger partial charge in [0.05, 0.1) is 5.52 Å². The van der Waals surface area contributed by atoms with Crippen molar-refractivity contribution in [3.8, 4) is 0 Å². The molecule has 21 heavy (non-hydrogen) atoms. The van der Waals surface area contributed by atoms with E-state index in [-0.39, 0.29) is 0 Å². The smallest absolute Gasteiger partial charge is 0.0525 e. The Morgan fingerprint density at radius 3 is 2.52 bits per heavy atom. The van der Waals surface area contributed by atoms with Crippen molar-refractivity contribution in [1.82, 2.24) is 9.88 Å². The average molecular weight is 286 g/mol. The molecule has 2 aromatic rings. The van der Waals surface area contributed by atoms with Crippen molar-refractivity contribution >= 4 is 10.9 Å². The number of benzene rings is 1. The summed E-state index contributed by atoms with van der Waals surface area (Å²) in [6, 6.07) is 8.92. The van der Waals surface area contributed by atoms with E-state index in [2.05, 4.69) is 68.0 Å². The molecule has 0 spiro atoms. The minimum absolute atomic E-state index is 0.695. The second-order valence-corrected chi connectivity index (χ2v) is 6.53. The molecule has 1 N–H and O–H groups in total. The highest BCUT2D eigenvalue weighted by Gasteiger charge is 2.10. The lowest BCUT2D eigenvalue weighted by Gasteiger charge is -2.16. The summed E-state index contributed by atoms with van der Waals surface area (Å²) in [5, 5.41) is 4.94. The largest absolute Gasteiger partial charge is 0.347 e. The van der Waals surface area contributed by atoms with E-state index in [1.165, 1.54) is 29.3 Å². The van der Waals surface area contributed by atoms with Crippen molar-refractivity contribution in [2.75, 3.05) is 6.54 Å². The van der Waals surface area contributed by atoms with Crippen molar-refractivity contribution < 1.29 is 0 Å². The van der Waals surface area contributed by atoms with Crippen LogP contribution in [0.2, 0.25) is 0 Å². The maximum atomic E-state index is 3.58. The highest BCUT2D eigenvalue weighted by Crippen LogP contribution is 2.23. The van der Waals surface area contributed by atoms with Crippen molar-refractivity contribution in [2.45, 2.75) is 53.6 Å². The fourth-order valence-corrected chi connectivity index (χ4v) is 2.96. The fraction of sp³-hybridized carbons (Fsp3) is 0.579. The first kappa shape index (κ1) is 16.1. The molecule has 1 aromatic heterocycles. The molecule has 0 aliphatic carbocycles. The van der Waals surface area contributed by atoms with Crippen molar-refractivity contribution in [3.63, 3.8) is 0 Å². The first-order valence-corrected chi connectivity index (χ1v) is 8.43. The van der Waals surface area contributed by atoms with Gasteiger partial charge in [-0.3, -0.25) is 0 Å². The molecule has 0 atom stereocenters. The maximum Gasteiger partial charge on any atom is 0.0525 e. The van der Waals surface area contributed by atoms with Gasteiger partial charge in [0, 0.05) is 19.3 Å². The molecule has 0 aliphatic rings. The minimum Gasteiger partial charge on any atom is -0.347 e. The Morgan fingerprint density at radius 1 is 1.10 bits per heavy atom. The van der Waals surface area contributed by atoms with E-state index in [0.717, 1.165) is 25.6 Å². The summed E-state index contributed by atoms with van der Waals surface area (Å²) in [4.78, 5) is 0. The van der Waals surface area contributed by atoms with Gasteiger partial charge >= 0.3 is 0 Å². The number of nitrogens with zero attached hydrogens (tertiary/aromatic N) is 1. The summed E-state index contributed by atoms with van der Waals surface area (Å²) in [6.45, 7) is 12.3. The summed E-state index contributed by atoms with van der Waals surface area (Å²) in [6.07, 6.45) is 4.77. The first-order valence-electron chi connectivity index (χ1n) is 8.43. The molecule has 2 rings (SSSR count). The lowest BCUT2D eigenvalue weighted by Crippen LogP contribution is -2.19. The van der Waals surface area contributed by atoms with Gasteiger partial charge in [-0.25, -0.2) is 0 Å². The molecule has 1 heterocycles. The normalized spacial score (nSPS) is 11.9. The molecule has 0 bridgehead atoms. The molecule has 0 saturated heterocycles. The summed E-state index contributed by atoms with van der Waals surface area (Å²) in [5.41, 5.74) is 2.84. The van der Waals surface area contributed by atoms with E-state index >= 15 is 0 Å². The Hall–Kier alpha value is -1.28. The molecule has 0 aliphatic heterocycles. The molecule has 2 nitrogen and oxygen atoms in total. The Kier molecular flexibility index (Phi) is 5.86. The van der Waals surface area contributed by atoms with Crippen LogP contribution in [0.4, 0.5) is 0 Å². The number of hydrogen-bond acceptors (Lipinski definition) is 1. The zero-order valence-corrected chi connectivity index (χ0v) is 14.0. The van der Waals surface area contributed by atoms with Gasteiger partial charge in [0.1, 0.15) is 0 Å². The standard InChI is InChI=1S/C19H30N2/c1-5-16(6-2)14-21-11-10-17-8-7-9-18(19(17)21)13-20-12-15(3)4/h7-11,15-16,20H,5-6,12-14H2,1-4H3. The quantitative estimate of drug-likeness (QED) is 0.736. The molecule has 0 saturated carbocycles. The summed E-state index contributed by atoms with van der Waals surface area (Å²) in [5.74, 6) is 1.47. The van der Waals surface area contributed by atoms with Crippen LogP contribution in [-0.2, 0) is 13.1 Å². The van der Waals surface area contributed by atoms with Crippen LogP contribution >= 0.6 is 0 Å². The van der Waals surface area contributed by atoms with E-state index in [0.29, 0.717) is 5.92 Å². The van der Waals surface area contributed by atoms with Gasteiger partial charge in [-0.1, -0.05) is 58.7 Å². The highest BCUT2D eigenvalue weighted by atomic mass is 15.0. The molecule has 0 unspecified atom stereocenters. The molecule has 2 heteroatoms. The molecule has 116 valence electrons.